The second-order valence-electron chi connectivity index (χ2n) is 8.36. The smallest absolute Gasteiger partial charge is 0.178 e. The lowest BCUT2D eigenvalue weighted by Gasteiger charge is -2.51. The number of fused-ring (bicyclic) bond motifs is 5. The molecule has 3 nitrogen and oxygen atoms in total. The Labute approximate surface area is 147 Å². The van der Waals surface area contributed by atoms with Crippen LogP contribution in [0.2, 0.25) is 0 Å². The summed E-state index contributed by atoms with van der Waals surface area (Å²) in [5.41, 5.74) is 2.18. The van der Waals surface area contributed by atoms with Crippen LogP contribution in [-0.2, 0) is 4.79 Å². The fraction of sp³-hybridized carbons (Fsp3) is 0.571. The number of aliphatic hydroxyl groups is 2. The van der Waals surface area contributed by atoms with Crippen molar-refractivity contribution in [2.75, 3.05) is 6.61 Å². The minimum absolute atomic E-state index is 0.0509. The van der Waals surface area contributed by atoms with Crippen molar-refractivity contribution in [3.8, 4) is 0 Å². The van der Waals surface area contributed by atoms with Crippen molar-refractivity contribution in [2.24, 2.45) is 22.7 Å². The van der Waals surface area contributed by atoms with Crippen LogP contribution in [0, 0.1) is 22.7 Å². The molecule has 0 heterocycles. The number of halogens is 1. The van der Waals surface area contributed by atoms with Crippen LogP contribution in [0.4, 0.5) is 4.39 Å². The Morgan fingerprint density at radius 3 is 2.88 bits per heavy atom. The molecule has 2 N–H and O–H groups in total. The first kappa shape index (κ1) is 16.8. The van der Waals surface area contributed by atoms with E-state index in [-0.39, 0.29) is 28.8 Å². The Hall–Kier alpha value is -1.68. The van der Waals surface area contributed by atoms with E-state index in [4.69, 9.17) is 0 Å². The quantitative estimate of drug-likeness (QED) is 0.559. The third-order valence-electron chi connectivity index (χ3n) is 7.19. The lowest BCUT2D eigenvalue weighted by atomic mass is 9.53. The Morgan fingerprint density at radius 1 is 1.40 bits per heavy atom. The fourth-order valence-electron chi connectivity index (χ4n) is 5.92. The van der Waals surface area contributed by atoms with E-state index in [0.717, 1.165) is 18.4 Å². The molecular formula is C21H25FO3. The van der Waals surface area contributed by atoms with E-state index < -0.39 is 18.2 Å². The topological polar surface area (TPSA) is 57.5 Å². The van der Waals surface area contributed by atoms with Crippen molar-refractivity contribution < 1.29 is 19.4 Å². The molecule has 0 amide bonds. The van der Waals surface area contributed by atoms with E-state index in [1.807, 2.05) is 13.0 Å². The zero-order chi connectivity index (χ0) is 18.0. The summed E-state index contributed by atoms with van der Waals surface area (Å²) < 4.78 is 14.8. The summed E-state index contributed by atoms with van der Waals surface area (Å²) >= 11 is 0. The molecule has 0 radical (unpaired) electrons. The monoisotopic (exact) mass is 344 g/mol. The standard InChI is InChI=1S/C21H25FO3/c1-20-7-5-13(24)9-12(20)3-4-14-15(20)6-8-21(2)16(14)10-17(22)19(21)18(25)11-23/h5-7,9,14,16-17,23,25H,3-4,8,10-11H2,1-2H3/t14-,16+,17-,20+,21+/m1/s1. The van der Waals surface area contributed by atoms with Crippen molar-refractivity contribution >= 4 is 5.78 Å². The maximum absolute atomic E-state index is 14.8. The zero-order valence-corrected chi connectivity index (χ0v) is 14.8. The molecule has 4 aliphatic carbocycles. The highest BCUT2D eigenvalue weighted by Gasteiger charge is 2.57. The predicted octanol–water partition coefficient (Wildman–Crippen LogP) is 3.97. The number of rotatable bonds is 1. The number of aliphatic hydroxyl groups excluding tert-OH is 2. The summed E-state index contributed by atoms with van der Waals surface area (Å²) in [6.07, 6.45) is 9.26. The summed E-state index contributed by atoms with van der Waals surface area (Å²) in [7, 11) is 0. The summed E-state index contributed by atoms with van der Waals surface area (Å²) in [6.45, 7) is 3.68. The van der Waals surface area contributed by atoms with Gasteiger partial charge in [0, 0.05) is 16.4 Å². The summed E-state index contributed by atoms with van der Waals surface area (Å²) in [6, 6.07) is 0. The van der Waals surface area contributed by atoms with Crippen molar-refractivity contribution in [3.05, 3.63) is 46.8 Å². The molecule has 0 spiro atoms. The Kier molecular flexibility index (Phi) is 3.63. The van der Waals surface area contributed by atoms with Crippen molar-refractivity contribution in [3.63, 3.8) is 0 Å². The van der Waals surface area contributed by atoms with Crippen LogP contribution < -0.4 is 0 Å². The molecule has 0 aromatic rings. The molecule has 134 valence electrons. The van der Waals surface area contributed by atoms with E-state index in [9.17, 15) is 19.4 Å². The van der Waals surface area contributed by atoms with Gasteiger partial charge in [-0.3, -0.25) is 4.79 Å². The van der Waals surface area contributed by atoms with E-state index >= 15 is 0 Å². The highest BCUT2D eigenvalue weighted by atomic mass is 19.1. The number of carbonyl (C=O) groups is 1. The molecule has 0 aromatic carbocycles. The van der Waals surface area contributed by atoms with Crippen LogP contribution in [0.5, 0.6) is 0 Å². The van der Waals surface area contributed by atoms with Gasteiger partial charge in [0.2, 0.25) is 0 Å². The first-order chi connectivity index (χ1) is 11.8. The molecule has 0 unspecified atom stereocenters. The zero-order valence-electron chi connectivity index (χ0n) is 14.8. The Bertz CT molecular complexity index is 759. The maximum atomic E-state index is 14.8. The second-order valence-corrected chi connectivity index (χ2v) is 8.36. The van der Waals surface area contributed by atoms with Gasteiger partial charge in [-0.05, 0) is 56.6 Å². The molecule has 2 saturated carbocycles. The highest BCUT2D eigenvalue weighted by Crippen LogP contribution is 2.64. The molecule has 0 saturated heterocycles. The van der Waals surface area contributed by atoms with Crippen molar-refractivity contribution in [1.29, 1.82) is 0 Å². The number of hydrogen-bond acceptors (Lipinski definition) is 3. The van der Waals surface area contributed by atoms with Gasteiger partial charge in [0.15, 0.2) is 5.78 Å². The normalized spacial score (nSPS) is 44.5. The average molecular weight is 344 g/mol. The number of allylic oxidation sites excluding steroid dienone is 7. The Balaban J connectivity index is 1.79. The van der Waals surface area contributed by atoms with Crippen LogP contribution in [0.3, 0.4) is 0 Å². The molecule has 25 heavy (non-hydrogen) atoms. The second kappa shape index (κ2) is 5.41. The van der Waals surface area contributed by atoms with E-state index in [0.29, 0.717) is 18.4 Å². The number of ketones is 1. The molecule has 0 bridgehead atoms. The lowest BCUT2D eigenvalue weighted by molar-refractivity contribution is -0.110. The fourth-order valence-corrected chi connectivity index (χ4v) is 5.92. The molecule has 0 aromatic heterocycles. The molecule has 4 aliphatic rings. The largest absolute Gasteiger partial charge is 0.510 e. The van der Waals surface area contributed by atoms with E-state index in [1.165, 1.54) is 5.57 Å². The number of alkyl halides is 1. The first-order valence-corrected chi connectivity index (χ1v) is 9.13. The maximum Gasteiger partial charge on any atom is 0.178 e. The van der Waals surface area contributed by atoms with Gasteiger partial charge in [0.25, 0.3) is 0 Å². The molecule has 4 rings (SSSR count). The third-order valence-corrected chi connectivity index (χ3v) is 7.19. The first-order valence-electron chi connectivity index (χ1n) is 9.13. The van der Waals surface area contributed by atoms with Crippen LogP contribution in [0.15, 0.2) is 46.8 Å². The summed E-state index contributed by atoms with van der Waals surface area (Å²) in [4.78, 5) is 11.8. The molecule has 0 aliphatic heterocycles. The minimum atomic E-state index is -1.19. The SMILES string of the molecule is C[C@]12C=CC(=O)C=C1CC[C@@H]1C2=CC[C@]2(C)C(=C(O)CO)[C@H](F)C[C@@H]12. The van der Waals surface area contributed by atoms with E-state index in [2.05, 4.69) is 13.0 Å². The van der Waals surface area contributed by atoms with Gasteiger partial charge in [0.1, 0.15) is 18.5 Å². The van der Waals surface area contributed by atoms with Gasteiger partial charge in [-0.2, -0.15) is 0 Å². The van der Waals surface area contributed by atoms with Crippen LogP contribution >= 0.6 is 0 Å². The van der Waals surface area contributed by atoms with Gasteiger partial charge < -0.3 is 10.2 Å². The van der Waals surface area contributed by atoms with Gasteiger partial charge in [-0.1, -0.05) is 30.2 Å². The van der Waals surface area contributed by atoms with Gasteiger partial charge >= 0.3 is 0 Å². The van der Waals surface area contributed by atoms with E-state index in [1.54, 1.807) is 12.2 Å². The van der Waals surface area contributed by atoms with Gasteiger partial charge in [-0.15, -0.1) is 0 Å². The predicted molar refractivity (Wildman–Crippen MR) is 93.6 cm³/mol. The molecule has 5 atom stereocenters. The molecule has 4 heteroatoms. The van der Waals surface area contributed by atoms with Crippen LogP contribution in [0.1, 0.15) is 39.5 Å². The Morgan fingerprint density at radius 2 is 2.16 bits per heavy atom. The molecular weight excluding hydrogens is 319 g/mol. The average Bonchev–Trinajstić information content (AvgIpc) is 2.85. The minimum Gasteiger partial charge on any atom is -0.510 e. The van der Waals surface area contributed by atoms with Gasteiger partial charge in [0.05, 0.1) is 0 Å². The summed E-state index contributed by atoms with van der Waals surface area (Å²) in [5, 5.41) is 19.4. The number of hydrogen-bond donors (Lipinski definition) is 2. The van der Waals surface area contributed by atoms with Crippen LogP contribution in [-0.4, -0.2) is 28.8 Å². The number of carbonyl (C=O) groups excluding carboxylic acids is 1. The summed E-state index contributed by atoms with van der Waals surface area (Å²) in [5.74, 6) is 0.228. The molecule has 2 fully saturated rings. The van der Waals surface area contributed by atoms with Crippen molar-refractivity contribution in [2.45, 2.75) is 45.7 Å². The van der Waals surface area contributed by atoms with Crippen LogP contribution in [0.25, 0.3) is 0 Å². The van der Waals surface area contributed by atoms with Gasteiger partial charge in [-0.25, -0.2) is 4.39 Å². The highest BCUT2D eigenvalue weighted by molar-refractivity contribution is 6.01. The lowest BCUT2D eigenvalue weighted by Crippen LogP contribution is -2.42. The van der Waals surface area contributed by atoms with Crippen molar-refractivity contribution in [1.82, 2.24) is 0 Å². The third kappa shape index (κ3) is 2.16.